The van der Waals surface area contributed by atoms with E-state index in [2.05, 4.69) is 33.1 Å². The van der Waals surface area contributed by atoms with Gasteiger partial charge in [-0.05, 0) is 11.6 Å². The number of hydrogen-bond donors (Lipinski definition) is 1. The highest BCUT2D eigenvalue weighted by Gasteiger charge is 2.19. The van der Waals surface area contributed by atoms with E-state index in [-0.39, 0.29) is 11.4 Å². The van der Waals surface area contributed by atoms with Crippen molar-refractivity contribution < 1.29 is 9.85 Å². The second-order valence-corrected chi connectivity index (χ2v) is 5.15. The molecular weight excluding hydrogens is 415 g/mol. The molecule has 0 saturated heterocycles. The molecular formula is C14H11IN4O4. The predicted molar refractivity (Wildman–Crippen MR) is 95.2 cm³/mol. The first-order chi connectivity index (χ1) is 11.0. The summed E-state index contributed by atoms with van der Waals surface area (Å²) in [7, 11) is 0. The minimum Gasteiger partial charge on any atom is -0.271 e. The summed E-state index contributed by atoms with van der Waals surface area (Å²) < 4.78 is 0.593. The van der Waals surface area contributed by atoms with Gasteiger partial charge < -0.3 is 0 Å². The predicted octanol–water partition coefficient (Wildman–Crippen LogP) is 3.75. The van der Waals surface area contributed by atoms with E-state index in [1.54, 1.807) is 0 Å². The Balaban J connectivity index is 2.33. The number of halogens is 1. The van der Waals surface area contributed by atoms with Gasteiger partial charge in [-0.2, -0.15) is 5.10 Å². The average Bonchev–Trinajstić information content (AvgIpc) is 2.56. The van der Waals surface area contributed by atoms with Crippen LogP contribution >= 0.6 is 22.6 Å². The third kappa shape index (κ3) is 4.22. The quantitative estimate of drug-likeness (QED) is 0.249. The van der Waals surface area contributed by atoms with Crippen LogP contribution in [0, 0.1) is 20.2 Å². The molecule has 2 aromatic rings. The lowest BCUT2D eigenvalue weighted by molar-refractivity contribution is -0.393. The summed E-state index contributed by atoms with van der Waals surface area (Å²) in [5.74, 6) is 0. The van der Waals surface area contributed by atoms with Crippen molar-refractivity contribution in [1.82, 2.24) is 0 Å². The Labute approximate surface area is 144 Å². The van der Waals surface area contributed by atoms with E-state index in [0.717, 1.165) is 11.6 Å². The summed E-state index contributed by atoms with van der Waals surface area (Å²) in [5, 5.41) is 26.0. The number of non-ortho nitro benzene ring substituents is 1. The zero-order chi connectivity index (χ0) is 16.8. The smallest absolute Gasteiger partial charge is 0.271 e. The standard InChI is InChI=1S/C14H11IN4O4/c15-9-13(10-4-2-1-3-5-10)17-16-12-7-6-11(18(20)21)8-14(12)19(22)23/h1-8,16H,9H2. The van der Waals surface area contributed by atoms with Crippen molar-refractivity contribution in [1.29, 1.82) is 0 Å². The second-order valence-electron chi connectivity index (χ2n) is 4.39. The molecule has 23 heavy (non-hydrogen) atoms. The van der Waals surface area contributed by atoms with Crippen LogP contribution in [0.5, 0.6) is 0 Å². The Bertz CT molecular complexity index is 765. The number of alkyl halides is 1. The molecule has 118 valence electrons. The molecule has 8 nitrogen and oxygen atoms in total. The fourth-order valence-electron chi connectivity index (χ4n) is 1.81. The third-order valence-electron chi connectivity index (χ3n) is 2.93. The second kappa shape index (κ2) is 7.63. The van der Waals surface area contributed by atoms with Crippen molar-refractivity contribution in [3.63, 3.8) is 0 Å². The number of benzene rings is 2. The summed E-state index contributed by atoms with van der Waals surface area (Å²) in [4.78, 5) is 20.4. The van der Waals surface area contributed by atoms with Gasteiger partial charge >= 0.3 is 5.69 Å². The molecule has 0 spiro atoms. The zero-order valence-electron chi connectivity index (χ0n) is 11.7. The first kappa shape index (κ1) is 16.8. The summed E-state index contributed by atoms with van der Waals surface area (Å²) in [6, 6.07) is 12.7. The lowest BCUT2D eigenvalue weighted by atomic mass is 10.1. The fourth-order valence-corrected chi connectivity index (χ4v) is 2.42. The molecule has 0 heterocycles. The Kier molecular flexibility index (Phi) is 5.57. The monoisotopic (exact) mass is 426 g/mol. The van der Waals surface area contributed by atoms with Gasteiger partial charge in [0.2, 0.25) is 0 Å². The summed E-state index contributed by atoms with van der Waals surface area (Å²) >= 11 is 2.14. The molecule has 2 aromatic carbocycles. The molecule has 0 saturated carbocycles. The summed E-state index contributed by atoms with van der Waals surface area (Å²) in [5.41, 5.74) is 3.58. The van der Waals surface area contributed by atoms with Crippen molar-refractivity contribution in [2.24, 2.45) is 5.10 Å². The molecule has 1 N–H and O–H groups in total. The summed E-state index contributed by atoms with van der Waals surface area (Å²) in [6.45, 7) is 0. The van der Waals surface area contributed by atoms with Gasteiger partial charge in [0.25, 0.3) is 5.69 Å². The Morgan fingerprint density at radius 1 is 1.09 bits per heavy atom. The first-order valence-electron chi connectivity index (χ1n) is 6.39. The van der Waals surface area contributed by atoms with Crippen LogP contribution in [0.1, 0.15) is 5.56 Å². The molecule has 2 rings (SSSR count). The molecule has 0 aliphatic carbocycles. The molecule has 0 amide bonds. The number of nitro benzene ring substituents is 2. The van der Waals surface area contributed by atoms with Crippen LogP contribution < -0.4 is 5.43 Å². The lowest BCUT2D eigenvalue weighted by Gasteiger charge is -2.06. The number of nitrogens with zero attached hydrogens (tertiary/aromatic N) is 3. The van der Waals surface area contributed by atoms with E-state index in [1.165, 1.54) is 12.1 Å². The van der Waals surface area contributed by atoms with Crippen LogP contribution in [-0.4, -0.2) is 20.0 Å². The lowest BCUT2D eigenvalue weighted by Crippen LogP contribution is -2.06. The Morgan fingerprint density at radius 2 is 1.78 bits per heavy atom. The largest absolute Gasteiger partial charge is 0.301 e. The van der Waals surface area contributed by atoms with Crippen molar-refractivity contribution in [3.05, 3.63) is 74.3 Å². The Hall–Kier alpha value is -2.56. The number of hydrogen-bond acceptors (Lipinski definition) is 6. The van der Waals surface area contributed by atoms with Crippen LogP contribution in [0.25, 0.3) is 0 Å². The van der Waals surface area contributed by atoms with Gasteiger partial charge in [0.1, 0.15) is 5.69 Å². The zero-order valence-corrected chi connectivity index (χ0v) is 13.8. The van der Waals surface area contributed by atoms with Crippen molar-refractivity contribution >= 4 is 45.4 Å². The van der Waals surface area contributed by atoms with Crippen molar-refractivity contribution in [2.45, 2.75) is 0 Å². The molecule has 0 aliphatic rings. The van der Waals surface area contributed by atoms with E-state index in [4.69, 9.17) is 0 Å². The van der Waals surface area contributed by atoms with Gasteiger partial charge in [-0.3, -0.25) is 25.7 Å². The molecule has 9 heteroatoms. The highest BCUT2D eigenvalue weighted by molar-refractivity contribution is 14.1. The van der Waals surface area contributed by atoms with Crippen LogP contribution in [0.2, 0.25) is 0 Å². The molecule has 0 bridgehead atoms. The number of rotatable bonds is 6. The fraction of sp³-hybridized carbons (Fsp3) is 0.0714. The van der Waals surface area contributed by atoms with Crippen LogP contribution in [0.3, 0.4) is 0 Å². The molecule has 0 aliphatic heterocycles. The van der Waals surface area contributed by atoms with E-state index in [0.29, 0.717) is 10.1 Å². The molecule has 0 fully saturated rings. The van der Waals surface area contributed by atoms with Gasteiger partial charge in [-0.1, -0.05) is 52.9 Å². The van der Waals surface area contributed by atoms with E-state index in [1.807, 2.05) is 30.3 Å². The number of nitrogens with one attached hydrogen (secondary N) is 1. The van der Waals surface area contributed by atoms with E-state index >= 15 is 0 Å². The van der Waals surface area contributed by atoms with Crippen molar-refractivity contribution in [2.75, 3.05) is 9.85 Å². The summed E-state index contributed by atoms with van der Waals surface area (Å²) in [6.07, 6.45) is 0. The molecule has 0 radical (unpaired) electrons. The Morgan fingerprint density at radius 3 is 2.35 bits per heavy atom. The highest BCUT2D eigenvalue weighted by atomic mass is 127. The van der Waals surface area contributed by atoms with Crippen molar-refractivity contribution in [3.8, 4) is 0 Å². The van der Waals surface area contributed by atoms with Gasteiger partial charge in [0.05, 0.1) is 21.6 Å². The molecule has 0 unspecified atom stereocenters. The molecule has 0 atom stereocenters. The maximum atomic E-state index is 11.1. The van der Waals surface area contributed by atoms with Crippen LogP contribution in [0.4, 0.5) is 17.1 Å². The van der Waals surface area contributed by atoms with Gasteiger partial charge in [0, 0.05) is 10.5 Å². The first-order valence-corrected chi connectivity index (χ1v) is 7.92. The van der Waals surface area contributed by atoms with Crippen LogP contribution in [0.15, 0.2) is 53.6 Å². The average molecular weight is 426 g/mol. The van der Waals surface area contributed by atoms with E-state index in [9.17, 15) is 20.2 Å². The SMILES string of the molecule is O=[N+]([O-])c1ccc(NN=C(CI)c2ccccc2)c([N+](=O)[O-])c1. The number of anilines is 1. The number of nitro groups is 2. The highest BCUT2D eigenvalue weighted by Crippen LogP contribution is 2.29. The third-order valence-corrected chi connectivity index (χ3v) is 3.66. The van der Waals surface area contributed by atoms with E-state index < -0.39 is 15.5 Å². The minimum atomic E-state index is -0.683. The maximum absolute atomic E-state index is 11.1. The van der Waals surface area contributed by atoms with Gasteiger partial charge in [-0.25, -0.2) is 0 Å². The number of hydrazone groups is 1. The van der Waals surface area contributed by atoms with Crippen LogP contribution in [-0.2, 0) is 0 Å². The van der Waals surface area contributed by atoms with Gasteiger partial charge in [0.15, 0.2) is 0 Å². The van der Waals surface area contributed by atoms with Gasteiger partial charge in [-0.15, -0.1) is 0 Å². The topological polar surface area (TPSA) is 111 Å². The molecule has 0 aromatic heterocycles. The maximum Gasteiger partial charge on any atom is 0.301 e. The normalized spacial score (nSPS) is 11.1. The minimum absolute atomic E-state index is 0.0962.